The Hall–Kier alpha value is -3.07. The Bertz CT molecular complexity index is 1340. The first-order chi connectivity index (χ1) is 19.1. The van der Waals surface area contributed by atoms with Crippen LogP contribution < -0.4 is 11.1 Å². The van der Waals surface area contributed by atoms with Crippen LogP contribution in [0, 0.1) is 5.92 Å². The number of benzene rings is 1. The predicted octanol–water partition coefficient (Wildman–Crippen LogP) is 5.93. The molecule has 0 radical (unpaired) electrons. The zero-order valence-corrected chi connectivity index (χ0v) is 24.5. The van der Waals surface area contributed by atoms with E-state index < -0.39 is 11.1 Å². The Morgan fingerprint density at radius 2 is 1.80 bits per heavy atom. The summed E-state index contributed by atoms with van der Waals surface area (Å²) in [7, 11) is 1.90. The highest BCUT2D eigenvalue weighted by molar-refractivity contribution is 7.08. The fraction of sp³-hybridized carbons (Fsp3) is 0.469. The minimum atomic E-state index is -0.699. The third kappa shape index (κ3) is 6.14. The lowest BCUT2D eigenvalue weighted by Gasteiger charge is -2.49. The van der Waals surface area contributed by atoms with Gasteiger partial charge in [0.05, 0.1) is 5.60 Å². The fourth-order valence-corrected chi connectivity index (χ4v) is 7.20. The fourth-order valence-electron chi connectivity index (χ4n) is 6.55. The van der Waals surface area contributed by atoms with Crippen molar-refractivity contribution >= 4 is 29.0 Å². The molecule has 0 atom stereocenters. The molecule has 7 nitrogen and oxygen atoms in total. The molecule has 2 fully saturated rings. The van der Waals surface area contributed by atoms with Gasteiger partial charge >= 0.3 is 0 Å². The Kier molecular flexibility index (Phi) is 8.13. The smallest absolute Gasteiger partial charge is 0.225 e. The highest BCUT2D eigenvalue weighted by Gasteiger charge is 2.49. The molecule has 40 heavy (non-hydrogen) atoms. The van der Waals surface area contributed by atoms with Crippen LogP contribution in [0.4, 0.5) is 5.82 Å². The Labute approximate surface area is 240 Å². The molecule has 2 aromatic heterocycles. The van der Waals surface area contributed by atoms with Gasteiger partial charge in [-0.2, -0.15) is 11.3 Å². The van der Waals surface area contributed by atoms with Crippen molar-refractivity contribution in [1.82, 2.24) is 9.88 Å². The first-order valence-corrected chi connectivity index (χ1v) is 15.2. The van der Waals surface area contributed by atoms with E-state index in [2.05, 4.69) is 33.9 Å². The number of amides is 2. The third-order valence-corrected chi connectivity index (χ3v) is 9.38. The number of thiophene rings is 1. The minimum absolute atomic E-state index is 0.0214. The van der Waals surface area contributed by atoms with Gasteiger partial charge in [0.1, 0.15) is 5.82 Å². The molecule has 2 heterocycles. The lowest BCUT2D eigenvalue weighted by atomic mass is 9.63. The van der Waals surface area contributed by atoms with Crippen LogP contribution >= 0.6 is 11.3 Å². The second-order valence-corrected chi connectivity index (χ2v) is 12.8. The number of hydrogen-bond acceptors (Lipinski definition) is 6. The quantitative estimate of drug-likeness (QED) is 0.316. The predicted molar refractivity (Wildman–Crippen MR) is 161 cm³/mol. The van der Waals surface area contributed by atoms with Gasteiger partial charge in [-0.25, -0.2) is 4.98 Å². The second-order valence-electron chi connectivity index (χ2n) is 12.0. The van der Waals surface area contributed by atoms with Crippen LogP contribution in [0.1, 0.15) is 70.8 Å². The van der Waals surface area contributed by atoms with Crippen molar-refractivity contribution in [3.8, 4) is 22.3 Å². The van der Waals surface area contributed by atoms with Crippen LogP contribution in [0.15, 0.2) is 53.4 Å². The molecule has 212 valence electrons. The molecule has 2 saturated carbocycles. The van der Waals surface area contributed by atoms with Gasteiger partial charge in [0.2, 0.25) is 11.8 Å². The normalized spacial score (nSPS) is 26.1. The van der Waals surface area contributed by atoms with E-state index in [1.165, 1.54) is 0 Å². The molecule has 0 bridgehead atoms. The number of nitrogens with one attached hydrogen (secondary N) is 1. The average Bonchev–Trinajstić information content (AvgIpc) is 3.46. The molecule has 8 heteroatoms. The molecule has 0 aliphatic heterocycles. The van der Waals surface area contributed by atoms with E-state index in [1.54, 1.807) is 11.3 Å². The van der Waals surface area contributed by atoms with E-state index in [4.69, 9.17) is 5.73 Å². The van der Waals surface area contributed by atoms with Crippen molar-refractivity contribution in [2.45, 2.75) is 82.4 Å². The van der Waals surface area contributed by atoms with E-state index in [0.29, 0.717) is 37.4 Å². The monoisotopic (exact) mass is 560 g/mol. The highest BCUT2D eigenvalue weighted by atomic mass is 32.1. The lowest BCUT2D eigenvalue weighted by Crippen LogP contribution is -2.58. The molecule has 2 aliphatic carbocycles. The van der Waals surface area contributed by atoms with Gasteiger partial charge in [-0.15, -0.1) is 0 Å². The van der Waals surface area contributed by atoms with Gasteiger partial charge in [-0.3, -0.25) is 9.59 Å². The minimum Gasteiger partial charge on any atom is -0.390 e. The van der Waals surface area contributed by atoms with E-state index in [9.17, 15) is 14.7 Å². The maximum atomic E-state index is 13.0. The summed E-state index contributed by atoms with van der Waals surface area (Å²) in [6, 6.07) is 12.5. The molecular formula is C32H40N4O3S. The van der Waals surface area contributed by atoms with Crippen molar-refractivity contribution in [2.24, 2.45) is 11.7 Å². The van der Waals surface area contributed by atoms with Crippen molar-refractivity contribution in [1.29, 1.82) is 0 Å². The van der Waals surface area contributed by atoms with Crippen molar-refractivity contribution in [2.75, 3.05) is 12.4 Å². The average molecular weight is 561 g/mol. The molecule has 0 unspecified atom stereocenters. The molecular weight excluding hydrogens is 520 g/mol. The van der Waals surface area contributed by atoms with Crippen molar-refractivity contribution in [3.05, 3.63) is 58.9 Å². The number of carbonyl (C=O) groups excluding carboxylic acids is 2. The van der Waals surface area contributed by atoms with Crippen LogP contribution in [-0.4, -0.2) is 45.5 Å². The largest absolute Gasteiger partial charge is 0.390 e. The van der Waals surface area contributed by atoms with Gasteiger partial charge in [-0.1, -0.05) is 31.2 Å². The summed E-state index contributed by atoms with van der Waals surface area (Å²) in [5, 5.41) is 17.4. The first-order valence-electron chi connectivity index (χ1n) is 14.3. The number of aromatic nitrogens is 1. The summed E-state index contributed by atoms with van der Waals surface area (Å²) in [6.45, 7) is 3.72. The molecule has 1 aromatic carbocycles. The number of rotatable bonds is 8. The molecule has 3 aromatic rings. The second kappa shape index (κ2) is 11.4. The van der Waals surface area contributed by atoms with Crippen LogP contribution in [0.2, 0.25) is 0 Å². The van der Waals surface area contributed by atoms with Gasteiger partial charge in [0, 0.05) is 43.2 Å². The number of nitrogens with two attached hydrogens (primary N) is 1. The van der Waals surface area contributed by atoms with Crippen molar-refractivity contribution < 1.29 is 14.7 Å². The van der Waals surface area contributed by atoms with Crippen LogP contribution in [0.5, 0.6) is 0 Å². The summed E-state index contributed by atoms with van der Waals surface area (Å²) >= 11 is 1.63. The van der Waals surface area contributed by atoms with E-state index in [1.807, 2.05) is 55.6 Å². The summed E-state index contributed by atoms with van der Waals surface area (Å²) < 4.78 is 0. The van der Waals surface area contributed by atoms with Gasteiger partial charge in [0.25, 0.3) is 0 Å². The molecule has 0 saturated heterocycles. The number of pyridine rings is 1. The highest BCUT2D eigenvalue weighted by Crippen LogP contribution is 2.46. The molecule has 0 spiro atoms. The van der Waals surface area contributed by atoms with Crippen LogP contribution in [-0.2, 0) is 15.1 Å². The van der Waals surface area contributed by atoms with Gasteiger partial charge in [0.15, 0.2) is 0 Å². The number of anilines is 1. The Balaban J connectivity index is 1.26. The Morgan fingerprint density at radius 1 is 1.10 bits per heavy atom. The van der Waals surface area contributed by atoms with E-state index in [0.717, 1.165) is 53.5 Å². The maximum Gasteiger partial charge on any atom is 0.225 e. The number of hydrogen-bond donors (Lipinski definition) is 3. The molecule has 2 aliphatic rings. The van der Waals surface area contributed by atoms with Crippen molar-refractivity contribution in [3.63, 3.8) is 0 Å². The SMILES string of the molecule is CCC(=O)N(C)[C@H]1CC[C@H](CC(=O)Nc2cc(-c3ccsc3)c(-c3ccc([C@]4(N)C[C@](C)(O)C4)cc3)cn2)CC1. The molecule has 4 N–H and O–H groups in total. The molecule has 5 rings (SSSR count). The zero-order valence-electron chi connectivity index (χ0n) is 23.7. The van der Waals surface area contributed by atoms with Gasteiger partial charge < -0.3 is 21.1 Å². The lowest BCUT2D eigenvalue weighted by molar-refractivity contribution is -0.132. The topological polar surface area (TPSA) is 109 Å². The van der Waals surface area contributed by atoms with Gasteiger partial charge in [-0.05, 0) is 96.5 Å². The third-order valence-electron chi connectivity index (χ3n) is 8.70. The number of aliphatic hydroxyl groups is 1. The van der Waals surface area contributed by atoms with E-state index in [-0.39, 0.29) is 17.9 Å². The summed E-state index contributed by atoms with van der Waals surface area (Å²) in [6.07, 6.45) is 7.70. The van der Waals surface area contributed by atoms with Crippen LogP contribution in [0.25, 0.3) is 22.3 Å². The first kappa shape index (κ1) is 28.5. The zero-order chi connectivity index (χ0) is 28.5. The maximum absolute atomic E-state index is 13.0. The summed E-state index contributed by atoms with van der Waals surface area (Å²) in [5.74, 6) is 1.03. The number of carbonyl (C=O) groups is 2. The van der Waals surface area contributed by atoms with Crippen LogP contribution in [0.3, 0.4) is 0 Å². The number of nitrogens with zero attached hydrogens (tertiary/aromatic N) is 2. The summed E-state index contributed by atoms with van der Waals surface area (Å²) in [4.78, 5) is 31.5. The summed E-state index contributed by atoms with van der Waals surface area (Å²) in [5.41, 5.74) is 10.5. The Morgan fingerprint density at radius 3 is 2.40 bits per heavy atom. The molecule has 2 amide bonds. The van der Waals surface area contributed by atoms with E-state index >= 15 is 0 Å². The standard InChI is InChI=1S/C32H40N4O3S/c1-4-30(38)36(3)25-11-5-21(6-12-25)15-29(37)35-28-16-26(23-13-14-40-18-23)27(17-34-28)22-7-9-24(10-8-22)32(33)19-31(2,39)20-32/h7-10,13-14,16-18,21,25,39H,4-6,11-12,15,19-20,33H2,1-3H3,(H,34,35,37)/t21-,25-,31-,32-.